The van der Waals surface area contributed by atoms with Crippen LogP contribution in [0.1, 0.15) is 47.0 Å². The first-order chi connectivity index (χ1) is 6.83. The molecule has 1 nitrogen and oxygen atoms in total. The lowest BCUT2D eigenvalue weighted by molar-refractivity contribution is 0.146. The third kappa shape index (κ3) is 1.78. The zero-order valence-electron chi connectivity index (χ0n) is 10.3. The molecule has 0 aromatic heterocycles. The lowest BCUT2D eigenvalue weighted by atomic mass is 9.63. The number of allylic oxidation sites excluding steroid dienone is 3. The predicted octanol–water partition coefficient (Wildman–Crippen LogP) is 3.45. The zero-order chi connectivity index (χ0) is 11.3. The first kappa shape index (κ1) is 10.9. The van der Waals surface area contributed by atoms with E-state index in [4.69, 9.17) is 0 Å². The molecule has 0 fully saturated rings. The fourth-order valence-corrected chi connectivity index (χ4v) is 2.90. The monoisotopic (exact) mass is 206 g/mol. The maximum absolute atomic E-state index is 9.79. The van der Waals surface area contributed by atoms with Crippen LogP contribution in [-0.2, 0) is 0 Å². The summed E-state index contributed by atoms with van der Waals surface area (Å²) >= 11 is 0. The second kappa shape index (κ2) is 3.21. The van der Waals surface area contributed by atoms with Crippen LogP contribution >= 0.6 is 0 Å². The molecule has 1 heteroatoms. The Kier molecular flexibility index (Phi) is 2.34. The van der Waals surface area contributed by atoms with E-state index in [2.05, 4.69) is 39.8 Å². The second-order valence-corrected chi connectivity index (χ2v) is 6.13. The summed E-state index contributed by atoms with van der Waals surface area (Å²) in [5.74, 6) is 0. The summed E-state index contributed by atoms with van der Waals surface area (Å²) in [7, 11) is 0. The van der Waals surface area contributed by atoms with Gasteiger partial charge in [-0.2, -0.15) is 0 Å². The minimum absolute atomic E-state index is 0.120. The van der Waals surface area contributed by atoms with Crippen molar-refractivity contribution in [1.29, 1.82) is 0 Å². The van der Waals surface area contributed by atoms with Crippen LogP contribution in [0.2, 0.25) is 0 Å². The number of rotatable bonds is 0. The molecule has 2 rings (SSSR count). The van der Waals surface area contributed by atoms with E-state index in [9.17, 15) is 5.11 Å². The molecule has 2 aliphatic rings. The molecule has 1 unspecified atom stereocenters. The lowest BCUT2D eigenvalue weighted by Crippen LogP contribution is -2.32. The first-order valence-corrected chi connectivity index (χ1v) is 5.94. The molecule has 0 spiro atoms. The Labute approximate surface area is 92.9 Å². The van der Waals surface area contributed by atoms with Crippen LogP contribution in [0, 0.1) is 10.8 Å². The number of aliphatic hydroxyl groups excluding tert-OH is 1. The highest BCUT2D eigenvalue weighted by atomic mass is 16.3. The third-order valence-electron chi connectivity index (χ3n) is 4.00. The average Bonchev–Trinajstić information content (AvgIpc) is 2.13. The Morgan fingerprint density at radius 3 is 2.20 bits per heavy atom. The highest BCUT2D eigenvalue weighted by molar-refractivity contribution is 5.39. The molecule has 0 aliphatic heterocycles. The number of hydrogen-bond acceptors (Lipinski definition) is 1. The molecule has 0 aromatic rings. The van der Waals surface area contributed by atoms with Gasteiger partial charge in [0.25, 0.3) is 0 Å². The van der Waals surface area contributed by atoms with Crippen molar-refractivity contribution in [3.8, 4) is 0 Å². The molecule has 84 valence electrons. The summed E-state index contributed by atoms with van der Waals surface area (Å²) in [6.45, 7) is 9.08. The Balaban J connectivity index is 2.46. The minimum atomic E-state index is -0.120. The van der Waals surface area contributed by atoms with Gasteiger partial charge >= 0.3 is 0 Å². The molecule has 0 aromatic carbocycles. The molecule has 1 atom stereocenters. The smallest absolute Gasteiger partial charge is 0.0580 e. The van der Waals surface area contributed by atoms with E-state index < -0.39 is 0 Å². The van der Waals surface area contributed by atoms with Crippen molar-refractivity contribution in [2.45, 2.75) is 53.1 Å². The molecule has 0 heterocycles. The van der Waals surface area contributed by atoms with Gasteiger partial charge in [-0.05, 0) is 19.3 Å². The third-order valence-corrected chi connectivity index (χ3v) is 4.00. The maximum Gasteiger partial charge on any atom is 0.0580 e. The van der Waals surface area contributed by atoms with Crippen molar-refractivity contribution >= 4 is 0 Å². The predicted molar refractivity (Wildman–Crippen MR) is 63.6 cm³/mol. The van der Waals surface area contributed by atoms with Crippen LogP contribution < -0.4 is 0 Å². The van der Waals surface area contributed by atoms with Gasteiger partial charge in [-0.3, -0.25) is 0 Å². The van der Waals surface area contributed by atoms with E-state index >= 15 is 0 Å². The SMILES string of the molecule is CC1(C)C=CC(C)(C)C2=C1CCC(O)C2. The quantitative estimate of drug-likeness (QED) is 0.602. The van der Waals surface area contributed by atoms with Gasteiger partial charge < -0.3 is 5.11 Å². The van der Waals surface area contributed by atoms with Gasteiger partial charge in [-0.1, -0.05) is 51.0 Å². The van der Waals surface area contributed by atoms with Crippen LogP contribution in [0.3, 0.4) is 0 Å². The van der Waals surface area contributed by atoms with Crippen molar-refractivity contribution in [3.63, 3.8) is 0 Å². The highest BCUT2D eigenvalue weighted by Gasteiger charge is 2.37. The topological polar surface area (TPSA) is 20.2 Å². The summed E-state index contributed by atoms with van der Waals surface area (Å²) in [5.41, 5.74) is 3.39. The zero-order valence-corrected chi connectivity index (χ0v) is 10.3. The first-order valence-electron chi connectivity index (χ1n) is 5.94. The summed E-state index contributed by atoms with van der Waals surface area (Å²) in [5, 5.41) is 9.79. The van der Waals surface area contributed by atoms with Crippen LogP contribution in [0.5, 0.6) is 0 Å². The van der Waals surface area contributed by atoms with Gasteiger partial charge in [0.1, 0.15) is 0 Å². The summed E-state index contributed by atoms with van der Waals surface area (Å²) in [6, 6.07) is 0. The molecule has 0 amide bonds. The second-order valence-electron chi connectivity index (χ2n) is 6.13. The Morgan fingerprint density at radius 2 is 1.60 bits per heavy atom. The van der Waals surface area contributed by atoms with Gasteiger partial charge in [0.15, 0.2) is 0 Å². The van der Waals surface area contributed by atoms with E-state index in [0.717, 1.165) is 19.3 Å². The largest absolute Gasteiger partial charge is 0.393 e. The fourth-order valence-electron chi connectivity index (χ4n) is 2.90. The van der Waals surface area contributed by atoms with Crippen LogP contribution in [0.4, 0.5) is 0 Å². The van der Waals surface area contributed by atoms with Gasteiger partial charge in [0, 0.05) is 10.8 Å². The minimum Gasteiger partial charge on any atom is -0.393 e. The number of hydrogen-bond donors (Lipinski definition) is 1. The molecule has 15 heavy (non-hydrogen) atoms. The molecule has 0 saturated heterocycles. The van der Waals surface area contributed by atoms with Crippen molar-refractivity contribution in [3.05, 3.63) is 23.3 Å². The van der Waals surface area contributed by atoms with E-state index in [1.54, 1.807) is 5.57 Å². The molecular formula is C14H22O. The standard InChI is InChI=1S/C14H22O/c1-13(2)7-8-14(3,4)12-9-10(15)5-6-11(12)13/h7-8,10,15H,5-6,9H2,1-4H3. The molecular weight excluding hydrogens is 184 g/mol. The summed E-state index contributed by atoms with van der Waals surface area (Å²) in [6.07, 6.45) is 7.40. The molecule has 1 N–H and O–H groups in total. The van der Waals surface area contributed by atoms with Crippen LogP contribution in [-0.4, -0.2) is 11.2 Å². The Hall–Kier alpha value is -0.560. The average molecular weight is 206 g/mol. The van der Waals surface area contributed by atoms with Crippen molar-refractivity contribution in [2.24, 2.45) is 10.8 Å². The van der Waals surface area contributed by atoms with Gasteiger partial charge in [-0.25, -0.2) is 0 Å². The van der Waals surface area contributed by atoms with Crippen molar-refractivity contribution in [2.75, 3.05) is 0 Å². The maximum atomic E-state index is 9.79. The van der Waals surface area contributed by atoms with E-state index in [0.29, 0.717) is 0 Å². The lowest BCUT2D eigenvalue weighted by Gasteiger charge is -2.43. The Morgan fingerprint density at radius 1 is 1.07 bits per heavy atom. The summed E-state index contributed by atoms with van der Waals surface area (Å²) < 4.78 is 0. The molecule has 2 aliphatic carbocycles. The fraction of sp³-hybridized carbons (Fsp3) is 0.714. The highest BCUT2D eigenvalue weighted by Crippen LogP contribution is 2.49. The van der Waals surface area contributed by atoms with Crippen LogP contribution in [0.15, 0.2) is 23.3 Å². The van der Waals surface area contributed by atoms with E-state index in [1.807, 2.05) is 0 Å². The van der Waals surface area contributed by atoms with Crippen molar-refractivity contribution < 1.29 is 5.11 Å². The molecule has 0 bridgehead atoms. The summed E-state index contributed by atoms with van der Waals surface area (Å²) in [4.78, 5) is 0. The van der Waals surface area contributed by atoms with E-state index in [1.165, 1.54) is 5.57 Å². The molecule has 0 saturated carbocycles. The number of aliphatic hydroxyl groups is 1. The van der Waals surface area contributed by atoms with Crippen molar-refractivity contribution in [1.82, 2.24) is 0 Å². The molecule has 0 radical (unpaired) electrons. The normalized spacial score (nSPS) is 32.7. The van der Waals surface area contributed by atoms with E-state index in [-0.39, 0.29) is 16.9 Å². The van der Waals surface area contributed by atoms with Gasteiger partial charge in [0.2, 0.25) is 0 Å². The Bertz CT molecular complexity index is 331. The van der Waals surface area contributed by atoms with Gasteiger partial charge in [0.05, 0.1) is 6.10 Å². The van der Waals surface area contributed by atoms with Crippen LogP contribution in [0.25, 0.3) is 0 Å². The van der Waals surface area contributed by atoms with Gasteiger partial charge in [-0.15, -0.1) is 0 Å².